The Balaban J connectivity index is 2.04. The minimum absolute atomic E-state index is 0.0302. The Morgan fingerprint density at radius 1 is 0.952 bits per heavy atom. The molecule has 0 atom stereocenters. The number of nitrogens with one attached hydrogen (secondary N) is 1. The zero-order valence-electron chi connectivity index (χ0n) is 22.9. The lowest BCUT2D eigenvalue weighted by molar-refractivity contribution is -0.122. The van der Waals surface area contributed by atoms with E-state index in [2.05, 4.69) is 0 Å². The van der Waals surface area contributed by atoms with Crippen molar-refractivity contribution in [1.29, 1.82) is 5.41 Å². The minimum Gasteiger partial charge on any atom is -0.453 e. The number of Topliss-reactive ketones (excluding diaryl/α,β-unsaturated/α-hetero) is 1. The summed E-state index contributed by atoms with van der Waals surface area (Å²) in [4.78, 5) is 25.4. The molecule has 0 aromatic heterocycles. The molecular weight excluding hydrogens is 586 g/mol. The number of rotatable bonds is 9. The average Bonchev–Trinajstić information content (AvgIpc) is 2.89. The highest BCUT2D eigenvalue weighted by Gasteiger charge is 2.31. The van der Waals surface area contributed by atoms with E-state index in [1.54, 1.807) is 39.1 Å². The Labute approximate surface area is 242 Å². The largest absolute Gasteiger partial charge is 0.453 e. The Bertz CT molecular complexity index is 1980. The van der Waals surface area contributed by atoms with Crippen LogP contribution in [-0.4, -0.2) is 56.1 Å². The van der Waals surface area contributed by atoms with Crippen LogP contribution in [0.4, 0.5) is 5.69 Å². The van der Waals surface area contributed by atoms with Crippen molar-refractivity contribution in [2.24, 2.45) is 5.92 Å². The van der Waals surface area contributed by atoms with Gasteiger partial charge in [-0.05, 0) is 42.3 Å². The summed E-state index contributed by atoms with van der Waals surface area (Å²) in [6, 6.07) is 11.4. The quantitative estimate of drug-likeness (QED) is 0.121. The summed E-state index contributed by atoms with van der Waals surface area (Å²) in [5.41, 5.74) is 5.48. The van der Waals surface area contributed by atoms with Gasteiger partial charge in [0, 0.05) is 48.0 Å². The van der Waals surface area contributed by atoms with Crippen LogP contribution >= 0.6 is 0 Å². The maximum Gasteiger partial charge on any atom is 0.300 e. The van der Waals surface area contributed by atoms with E-state index in [1.807, 2.05) is 0 Å². The van der Waals surface area contributed by atoms with E-state index in [9.17, 15) is 35.5 Å². The van der Waals surface area contributed by atoms with Gasteiger partial charge < -0.3 is 15.1 Å². The fraction of sp³-hybridized carbons (Fsp3) is 0.250. The van der Waals surface area contributed by atoms with Crippen LogP contribution in [0, 0.1) is 11.3 Å². The number of benzene rings is 3. The molecule has 0 bridgehead atoms. The molecule has 222 valence electrons. The Morgan fingerprint density at radius 2 is 1.60 bits per heavy atom. The number of carbonyl (C=O) groups is 2. The third-order valence-electron chi connectivity index (χ3n) is 6.85. The van der Waals surface area contributed by atoms with Gasteiger partial charge in [-0.1, -0.05) is 32.0 Å². The lowest BCUT2D eigenvalue weighted by Crippen LogP contribution is -2.28. The standard InChI is InChI=1S/C28H29N3O9S2/c1-15(2)22(32)9-6-14-31(3)28(33)17-8-5-4-7-16(17)23-18-10-12-20(29)26(41(34,35)36)24(18)40-25-19(23)11-13-21(30)27(25)42(37,38)39/h4-5,7-8,10-13,15,29H,6,9,14,30H2,1-3H3,(H,34,35,36)(H,37,38,39). The lowest BCUT2D eigenvalue weighted by atomic mass is 9.90. The molecule has 5 N–H and O–H groups in total. The highest BCUT2D eigenvalue weighted by Crippen LogP contribution is 2.45. The molecule has 0 saturated carbocycles. The maximum atomic E-state index is 13.7. The van der Waals surface area contributed by atoms with Crippen LogP contribution in [0.2, 0.25) is 0 Å². The van der Waals surface area contributed by atoms with Crippen LogP contribution < -0.4 is 11.1 Å². The molecule has 1 heterocycles. The van der Waals surface area contributed by atoms with Crippen molar-refractivity contribution in [3.63, 3.8) is 0 Å². The van der Waals surface area contributed by atoms with Crippen molar-refractivity contribution >= 4 is 48.6 Å². The molecule has 0 unspecified atom stereocenters. The van der Waals surface area contributed by atoms with Gasteiger partial charge in [0.05, 0.1) is 11.0 Å². The second kappa shape index (κ2) is 11.3. The molecule has 0 saturated heterocycles. The van der Waals surface area contributed by atoms with Crippen molar-refractivity contribution in [2.45, 2.75) is 36.5 Å². The highest BCUT2D eigenvalue weighted by atomic mass is 32.2. The number of nitrogens with zero attached hydrogens (tertiary/aromatic N) is 1. The summed E-state index contributed by atoms with van der Waals surface area (Å²) < 4.78 is 75.2. The molecular formula is C28H29N3O9S2. The van der Waals surface area contributed by atoms with E-state index < -0.39 is 58.3 Å². The van der Waals surface area contributed by atoms with E-state index in [0.717, 1.165) is 6.07 Å². The number of nitrogens with two attached hydrogens (primary N) is 1. The molecule has 2 aromatic rings. The number of hydrogen-bond acceptors (Lipinski definition) is 9. The van der Waals surface area contributed by atoms with E-state index >= 15 is 0 Å². The Hall–Kier alpha value is -4.11. The topological polar surface area (TPSA) is 209 Å². The number of ketones is 1. The maximum absolute atomic E-state index is 13.7. The van der Waals surface area contributed by atoms with Crippen LogP contribution in [-0.2, 0) is 25.0 Å². The Morgan fingerprint density at radius 3 is 2.21 bits per heavy atom. The first-order valence-corrected chi connectivity index (χ1v) is 15.6. The number of carbonyl (C=O) groups excluding carboxylic acids is 2. The first-order valence-electron chi connectivity index (χ1n) is 12.7. The van der Waals surface area contributed by atoms with Crippen LogP contribution in [0.1, 0.15) is 37.0 Å². The molecule has 1 amide bonds. The second-order valence-corrected chi connectivity index (χ2v) is 12.8. The number of fused-ring (bicyclic) bond motifs is 2. The van der Waals surface area contributed by atoms with E-state index in [4.69, 9.17) is 15.6 Å². The van der Waals surface area contributed by atoms with Crippen molar-refractivity contribution in [3.05, 3.63) is 59.5 Å². The molecule has 1 aliphatic carbocycles. The predicted molar refractivity (Wildman–Crippen MR) is 154 cm³/mol. The summed E-state index contributed by atoms with van der Waals surface area (Å²) >= 11 is 0. The average molecular weight is 616 g/mol. The molecule has 42 heavy (non-hydrogen) atoms. The summed E-state index contributed by atoms with van der Waals surface area (Å²) in [5.74, 6) is -1.08. The number of amides is 1. The smallest absolute Gasteiger partial charge is 0.300 e. The van der Waals surface area contributed by atoms with Crippen LogP contribution in [0.25, 0.3) is 33.4 Å². The van der Waals surface area contributed by atoms with Gasteiger partial charge >= 0.3 is 0 Å². The molecule has 0 fully saturated rings. The SMILES string of the molecule is CC(C)C(=O)CCCN(C)C(=O)c1ccccc1-c1c2ccc(=N)c(S(=O)(=O)O)c-2oc2c(S(=O)(=O)O)c(N)ccc12. The van der Waals surface area contributed by atoms with Crippen LogP contribution in [0.3, 0.4) is 0 Å². The van der Waals surface area contributed by atoms with Crippen molar-refractivity contribution in [1.82, 2.24) is 4.90 Å². The number of anilines is 1. The minimum atomic E-state index is -5.08. The third-order valence-corrected chi connectivity index (χ3v) is 8.71. The monoisotopic (exact) mass is 615 g/mol. The lowest BCUT2D eigenvalue weighted by Gasteiger charge is -2.22. The molecule has 0 spiro atoms. The van der Waals surface area contributed by atoms with E-state index in [-0.39, 0.29) is 45.9 Å². The van der Waals surface area contributed by atoms with Gasteiger partial charge in [0.25, 0.3) is 26.1 Å². The molecule has 14 heteroatoms. The first kappa shape index (κ1) is 30.8. The predicted octanol–water partition coefficient (Wildman–Crippen LogP) is 3.84. The fourth-order valence-corrected chi connectivity index (χ4v) is 6.25. The molecule has 1 aliphatic heterocycles. The van der Waals surface area contributed by atoms with Gasteiger partial charge in [-0.2, -0.15) is 16.8 Å². The normalized spacial score (nSPS) is 12.2. The first-order chi connectivity index (χ1) is 19.5. The highest BCUT2D eigenvalue weighted by molar-refractivity contribution is 7.86. The fourth-order valence-electron chi connectivity index (χ4n) is 4.77. The van der Waals surface area contributed by atoms with Crippen molar-refractivity contribution < 1.29 is 39.9 Å². The summed E-state index contributed by atoms with van der Waals surface area (Å²) in [5, 5.41) is 7.53. The van der Waals surface area contributed by atoms with E-state index in [1.165, 1.54) is 29.2 Å². The molecule has 4 rings (SSSR count). The van der Waals surface area contributed by atoms with Gasteiger partial charge in [-0.25, -0.2) is 0 Å². The number of hydrogen-bond donors (Lipinski definition) is 4. The van der Waals surface area contributed by atoms with Gasteiger partial charge in [-0.15, -0.1) is 0 Å². The van der Waals surface area contributed by atoms with Gasteiger partial charge in [-0.3, -0.25) is 24.1 Å². The molecule has 2 aliphatic rings. The van der Waals surface area contributed by atoms with Gasteiger partial charge in [0.1, 0.15) is 5.78 Å². The third kappa shape index (κ3) is 5.79. The van der Waals surface area contributed by atoms with Crippen molar-refractivity contribution in [2.75, 3.05) is 19.3 Å². The van der Waals surface area contributed by atoms with Crippen LogP contribution in [0.5, 0.6) is 0 Å². The summed E-state index contributed by atoms with van der Waals surface area (Å²) in [6.45, 7) is 3.86. The van der Waals surface area contributed by atoms with Gasteiger partial charge in [0.2, 0.25) is 0 Å². The second-order valence-electron chi connectivity index (χ2n) is 10.1. The molecule has 0 radical (unpaired) electrons. The number of nitrogen functional groups attached to an aromatic ring is 1. The molecule has 12 nitrogen and oxygen atoms in total. The summed E-state index contributed by atoms with van der Waals surface area (Å²) in [7, 11) is -8.54. The zero-order chi connectivity index (χ0) is 31.1. The zero-order valence-corrected chi connectivity index (χ0v) is 24.5. The van der Waals surface area contributed by atoms with Gasteiger partial charge in [0.15, 0.2) is 21.1 Å². The summed E-state index contributed by atoms with van der Waals surface area (Å²) in [6.07, 6.45) is 0.721. The Kier molecular flexibility index (Phi) is 8.29. The van der Waals surface area contributed by atoms with Crippen LogP contribution in [0.15, 0.2) is 62.7 Å². The van der Waals surface area contributed by atoms with E-state index in [0.29, 0.717) is 12.8 Å². The van der Waals surface area contributed by atoms with Crippen molar-refractivity contribution in [3.8, 4) is 22.5 Å². The molecule has 2 aromatic carbocycles.